The van der Waals surface area contributed by atoms with Gasteiger partial charge < -0.3 is 23.7 Å². The molecule has 1 saturated heterocycles. The van der Waals surface area contributed by atoms with Gasteiger partial charge in [-0.2, -0.15) is 0 Å². The largest absolute Gasteiger partial charge is 0.374 e. The molecule has 5 rings (SSSR count). The molecule has 214 valence electrons. The van der Waals surface area contributed by atoms with Crippen molar-refractivity contribution in [1.82, 2.24) is 0 Å². The first kappa shape index (κ1) is 29.7. The predicted octanol–water partition coefficient (Wildman–Crippen LogP) is 7.50. The fourth-order valence-corrected chi connectivity index (χ4v) is 6.51. The molecule has 3 aromatic rings. The van der Waals surface area contributed by atoms with E-state index in [9.17, 15) is 0 Å². The zero-order valence-corrected chi connectivity index (χ0v) is 25.3. The minimum atomic E-state index is -0.384. The summed E-state index contributed by atoms with van der Waals surface area (Å²) in [5.41, 5.74) is 3.39. The molecule has 2 aliphatic rings. The van der Waals surface area contributed by atoms with Crippen molar-refractivity contribution in [3.8, 4) is 0 Å². The van der Waals surface area contributed by atoms with Crippen molar-refractivity contribution in [1.29, 1.82) is 0 Å². The van der Waals surface area contributed by atoms with Gasteiger partial charge in [0.1, 0.15) is 18.3 Å². The number of halogens is 1. The van der Waals surface area contributed by atoms with Gasteiger partial charge in [-0.05, 0) is 35.4 Å². The molecule has 0 radical (unpaired) electrons. The second kappa shape index (κ2) is 16.0. The molecule has 1 aliphatic carbocycles. The van der Waals surface area contributed by atoms with Gasteiger partial charge in [0.2, 0.25) is 0 Å². The van der Waals surface area contributed by atoms with Crippen LogP contribution in [-0.2, 0) is 43.5 Å². The Labute approximate surface area is 252 Å². The third kappa shape index (κ3) is 8.84. The SMILES string of the molecule is I[C@H]1[C@H](OCC2CCCCC2)O[C@H](COCc2ccccc2)[C@@H](OCc2ccccc2)[C@@H]1OCc1ccccc1. The van der Waals surface area contributed by atoms with Crippen molar-refractivity contribution >= 4 is 22.6 Å². The number of rotatable bonds is 13. The molecule has 0 N–H and O–H groups in total. The third-order valence-corrected chi connectivity index (χ3v) is 9.05. The maximum absolute atomic E-state index is 6.65. The Kier molecular flexibility index (Phi) is 11.9. The average Bonchev–Trinajstić information content (AvgIpc) is 3.01. The Morgan fingerprint density at radius 1 is 0.600 bits per heavy atom. The van der Waals surface area contributed by atoms with Crippen LogP contribution in [0.1, 0.15) is 48.8 Å². The van der Waals surface area contributed by atoms with Gasteiger partial charge in [-0.1, -0.05) is 133 Å². The van der Waals surface area contributed by atoms with Crippen molar-refractivity contribution in [3.63, 3.8) is 0 Å². The number of ether oxygens (including phenoxy) is 5. The summed E-state index contributed by atoms with van der Waals surface area (Å²) in [6.45, 7) is 2.62. The summed E-state index contributed by atoms with van der Waals surface area (Å²) >= 11 is 2.45. The second-order valence-electron chi connectivity index (χ2n) is 10.8. The number of hydrogen-bond acceptors (Lipinski definition) is 5. The standard InChI is InChI=1S/C34H41IO5/c35-31-33(38-23-28-17-9-3-10-18-28)32(37-22-27-15-7-2-8-16-27)30(25-36-21-26-13-5-1-6-14-26)40-34(31)39-24-29-19-11-4-12-20-29/h1-3,5-10,13-18,29-34H,4,11-12,19-25H2/t30-,31-,32-,33-,34-/m1/s1. The summed E-state index contributed by atoms with van der Waals surface area (Å²) in [5, 5.41) is 0. The molecule has 1 saturated carbocycles. The lowest BCUT2D eigenvalue weighted by atomic mass is 9.90. The maximum atomic E-state index is 6.65. The molecule has 0 amide bonds. The first-order valence-electron chi connectivity index (χ1n) is 14.6. The van der Waals surface area contributed by atoms with E-state index >= 15 is 0 Å². The van der Waals surface area contributed by atoms with E-state index in [0.29, 0.717) is 32.3 Å². The fraction of sp³-hybridized carbons (Fsp3) is 0.471. The molecule has 6 heteroatoms. The Hall–Kier alpha value is -1.81. The van der Waals surface area contributed by atoms with Crippen LogP contribution in [0.15, 0.2) is 91.0 Å². The molecule has 3 aromatic carbocycles. The van der Waals surface area contributed by atoms with Gasteiger partial charge in [-0.3, -0.25) is 0 Å². The maximum Gasteiger partial charge on any atom is 0.172 e. The summed E-state index contributed by atoms with van der Waals surface area (Å²) in [7, 11) is 0. The predicted molar refractivity (Wildman–Crippen MR) is 165 cm³/mol. The van der Waals surface area contributed by atoms with Crippen molar-refractivity contribution in [3.05, 3.63) is 108 Å². The van der Waals surface area contributed by atoms with E-state index in [-0.39, 0.29) is 28.5 Å². The van der Waals surface area contributed by atoms with E-state index in [1.807, 2.05) is 54.6 Å². The third-order valence-electron chi connectivity index (χ3n) is 7.76. The van der Waals surface area contributed by atoms with Crippen LogP contribution >= 0.6 is 22.6 Å². The van der Waals surface area contributed by atoms with Gasteiger partial charge >= 0.3 is 0 Å². The Bertz CT molecular complexity index is 1090. The quantitative estimate of drug-likeness (QED) is 0.141. The summed E-state index contributed by atoms with van der Waals surface area (Å²) in [5.74, 6) is 0.601. The lowest BCUT2D eigenvalue weighted by Gasteiger charge is -2.44. The molecule has 1 heterocycles. The highest BCUT2D eigenvalue weighted by molar-refractivity contribution is 14.1. The number of benzene rings is 3. The van der Waals surface area contributed by atoms with Gasteiger partial charge in [0, 0.05) is 0 Å². The average molecular weight is 657 g/mol. The lowest BCUT2D eigenvalue weighted by Crippen LogP contribution is -2.59. The second-order valence-corrected chi connectivity index (χ2v) is 12.3. The number of alkyl halides is 1. The smallest absolute Gasteiger partial charge is 0.172 e. The summed E-state index contributed by atoms with van der Waals surface area (Å²) in [6, 6.07) is 30.8. The molecule has 0 aromatic heterocycles. The summed E-state index contributed by atoms with van der Waals surface area (Å²) < 4.78 is 32.6. The number of hydrogen-bond donors (Lipinski definition) is 0. The van der Waals surface area contributed by atoms with Crippen molar-refractivity contribution in [2.45, 2.75) is 80.5 Å². The van der Waals surface area contributed by atoms with Crippen LogP contribution in [0.4, 0.5) is 0 Å². The highest BCUT2D eigenvalue weighted by Gasteiger charge is 2.47. The van der Waals surface area contributed by atoms with Gasteiger partial charge in [0.15, 0.2) is 6.29 Å². The van der Waals surface area contributed by atoms with Crippen molar-refractivity contribution in [2.75, 3.05) is 13.2 Å². The molecule has 2 fully saturated rings. The molecule has 5 atom stereocenters. The van der Waals surface area contributed by atoms with E-state index in [4.69, 9.17) is 23.7 Å². The minimum Gasteiger partial charge on any atom is -0.374 e. The summed E-state index contributed by atoms with van der Waals surface area (Å²) in [6.07, 6.45) is 5.15. The van der Waals surface area contributed by atoms with Gasteiger partial charge in [-0.15, -0.1) is 0 Å². The molecular weight excluding hydrogens is 615 g/mol. The first-order chi connectivity index (χ1) is 19.8. The van der Waals surface area contributed by atoms with Crippen LogP contribution in [0.5, 0.6) is 0 Å². The van der Waals surface area contributed by atoms with E-state index in [1.165, 1.54) is 32.1 Å². The molecular formula is C34H41IO5. The van der Waals surface area contributed by atoms with Gasteiger partial charge in [0.05, 0.1) is 37.0 Å². The topological polar surface area (TPSA) is 46.2 Å². The van der Waals surface area contributed by atoms with Crippen LogP contribution in [0.2, 0.25) is 0 Å². The highest BCUT2D eigenvalue weighted by Crippen LogP contribution is 2.34. The Balaban J connectivity index is 1.32. The van der Waals surface area contributed by atoms with E-state index in [0.717, 1.165) is 23.3 Å². The van der Waals surface area contributed by atoms with Crippen LogP contribution in [0, 0.1) is 5.92 Å². The summed E-state index contributed by atoms with van der Waals surface area (Å²) in [4.78, 5) is 0. The van der Waals surface area contributed by atoms with Crippen LogP contribution in [0.25, 0.3) is 0 Å². The Morgan fingerprint density at radius 2 is 1.12 bits per heavy atom. The lowest BCUT2D eigenvalue weighted by molar-refractivity contribution is -0.274. The molecule has 1 aliphatic heterocycles. The van der Waals surface area contributed by atoms with Crippen LogP contribution in [-0.4, -0.2) is 41.7 Å². The van der Waals surface area contributed by atoms with Crippen molar-refractivity contribution < 1.29 is 23.7 Å². The van der Waals surface area contributed by atoms with E-state index in [1.54, 1.807) is 0 Å². The van der Waals surface area contributed by atoms with E-state index < -0.39 is 0 Å². The van der Waals surface area contributed by atoms with E-state index in [2.05, 4.69) is 59.0 Å². The highest BCUT2D eigenvalue weighted by atomic mass is 127. The monoisotopic (exact) mass is 656 g/mol. The molecule has 0 spiro atoms. The van der Waals surface area contributed by atoms with Crippen LogP contribution < -0.4 is 0 Å². The minimum absolute atomic E-state index is 0.0314. The normalized spacial score (nSPS) is 25.6. The van der Waals surface area contributed by atoms with Crippen LogP contribution in [0.3, 0.4) is 0 Å². The molecule has 0 unspecified atom stereocenters. The molecule has 0 bridgehead atoms. The Morgan fingerprint density at radius 3 is 1.70 bits per heavy atom. The van der Waals surface area contributed by atoms with Gasteiger partial charge in [-0.25, -0.2) is 0 Å². The molecule has 5 nitrogen and oxygen atoms in total. The molecule has 40 heavy (non-hydrogen) atoms. The zero-order valence-electron chi connectivity index (χ0n) is 23.1. The van der Waals surface area contributed by atoms with Gasteiger partial charge in [0.25, 0.3) is 0 Å². The fourth-order valence-electron chi connectivity index (χ4n) is 5.51. The zero-order chi connectivity index (χ0) is 27.4. The van der Waals surface area contributed by atoms with Crippen molar-refractivity contribution in [2.24, 2.45) is 5.92 Å². The first-order valence-corrected chi connectivity index (χ1v) is 15.8.